The second kappa shape index (κ2) is 7.83. The molecule has 2 amide bonds. The molecule has 0 atom stereocenters. The SMILES string of the molecule is CC(=O)N1CCN(C(=O)c2ccc(OCc3ccccc3)cc2)CC1. The van der Waals surface area contributed by atoms with Crippen LogP contribution in [-0.4, -0.2) is 47.8 Å². The van der Waals surface area contributed by atoms with Crippen molar-refractivity contribution in [3.8, 4) is 5.75 Å². The first-order valence-electron chi connectivity index (χ1n) is 8.45. The Morgan fingerprint density at radius 2 is 1.48 bits per heavy atom. The number of nitrogens with zero attached hydrogens (tertiary/aromatic N) is 2. The molecule has 0 unspecified atom stereocenters. The summed E-state index contributed by atoms with van der Waals surface area (Å²) < 4.78 is 5.74. The second-order valence-corrected chi connectivity index (χ2v) is 6.10. The summed E-state index contributed by atoms with van der Waals surface area (Å²) in [5.74, 6) is 0.798. The number of benzene rings is 2. The van der Waals surface area contributed by atoms with Crippen molar-refractivity contribution >= 4 is 11.8 Å². The van der Waals surface area contributed by atoms with Gasteiger partial charge in [-0.05, 0) is 29.8 Å². The van der Waals surface area contributed by atoms with Gasteiger partial charge in [-0.15, -0.1) is 0 Å². The van der Waals surface area contributed by atoms with Crippen LogP contribution in [-0.2, 0) is 11.4 Å². The second-order valence-electron chi connectivity index (χ2n) is 6.10. The highest BCUT2D eigenvalue weighted by Crippen LogP contribution is 2.16. The van der Waals surface area contributed by atoms with E-state index < -0.39 is 0 Å². The van der Waals surface area contributed by atoms with Crippen LogP contribution in [0.1, 0.15) is 22.8 Å². The van der Waals surface area contributed by atoms with Gasteiger partial charge in [0.05, 0.1) is 0 Å². The van der Waals surface area contributed by atoms with Crippen LogP contribution in [0.3, 0.4) is 0 Å². The van der Waals surface area contributed by atoms with E-state index >= 15 is 0 Å². The minimum Gasteiger partial charge on any atom is -0.489 e. The molecule has 25 heavy (non-hydrogen) atoms. The highest BCUT2D eigenvalue weighted by atomic mass is 16.5. The Labute approximate surface area is 147 Å². The summed E-state index contributed by atoms with van der Waals surface area (Å²) in [5.41, 5.74) is 1.74. The summed E-state index contributed by atoms with van der Waals surface area (Å²) >= 11 is 0. The Morgan fingerprint density at radius 3 is 2.08 bits per heavy atom. The molecule has 1 heterocycles. The largest absolute Gasteiger partial charge is 0.489 e. The number of piperazine rings is 1. The van der Waals surface area contributed by atoms with Crippen LogP contribution < -0.4 is 4.74 Å². The molecule has 2 aromatic carbocycles. The van der Waals surface area contributed by atoms with Crippen molar-refractivity contribution in [1.29, 1.82) is 0 Å². The number of carbonyl (C=O) groups is 2. The first-order valence-corrected chi connectivity index (χ1v) is 8.45. The molecule has 0 bridgehead atoms. The van der Waals surface area contributed by atoms with Gasteiger partial charge in [-0.1, -0.05) is 30.3 Å². The standard InChI is InChI=1S/C20H22N2O3/c1-16(23)21-11-13-22(14-12-21)20(24)18-7-9-19(10-8-18)25-15-17-5-3-2-4-6-17/h2-10H,11-15H2,1H3. The number of ether oxygens (including phenoxy) is 1. The highest BCUT2D eigenvalue weighted by molar-refractivity contribution is 5.94. The summed E-state index contributed by atoms with van der Waals surface area (Å²) in [6.07, 6.45) is 0. The Balaban J connectivity index is 1.55. The molecule has 3 rings (SSSR count). The molecule has 5 nitrogen and oxygen atoms in total. The zero-order chi connectivity index (χ0) is 17.6. The Hall–Kier alpha value is -2.82. The molecule has 0 radical (unpaired) electrons. The van der Waals surface area contributed by atoms with Gasteiger partial charge in [0.2, 0.25) is 5.91 Å². The molecule has 1 aliphatic rings. The summed E-state index contributed by atoms with van der Waals surface area (Å²) in [6, 6.07) is 17.2. The molecular formula is C20H22N2O3. The Morgan fingerprint density at radius 1 is 0.880 bits per heavy atom. The third kappa shape index (κ3) is 4.38. The first-order chi connectivity index (χ1) is 12.1. The molecule has 130 valence electrons. The lowest BCUT2D eigenvalue weighted by Gasteiger charge is -2.34. The smallest absolute Gasteiger partial charge is 0.253 e. The molecule has 1 fully saturated rings. The van der Waals surface area contributed by atoms with Gasteiger partial charge >= 0.3 is 0 Å². The maximum atomic E-state index is 12.5. The van der Waals surface area contributed by atoms with E-state index in [1.807, 2.05) is 42.5 Å². The van der Waals surface area contributed by atoms with E-state index in [0.29, 0.717) is 38.3 Å². The van der Waals surface area contributed by atoms with Crippen LogP contribution >= 0.6 is 0 Å². The fourth-order valence-corrected chi connectivity index (χ4v) is 2.84. The average molecular weight is 338 g/mol. The van der Waals surface area contributed by atoms with Gasteiger partial charge in [-0.25, -0.2) is 0 Å². The average Bonchev–Trinajstić information content (AvgIpc) is 2.67. The fraction of sp³-hybridized carbons (Fsp3) is 0.300. The molecule has 1 aliphatic heterocycles. The molecule has 0 aliphatic carbocycles. The zero-order valence-corrected chi connectivity index (χ0v) is 14.4. The molecule has 0 saturated carbocycles. The lowest BCUT2D eigenvalue weighted by atomic mass is 10.1. The van der Waals surface area contributed by atoms with Crippen molar-refractivity contribution in [2.45, 2.75) is 13.5 Å². The minimum absolute atomic E-state index is 0.00203. The third-order valence-electron chi connectivity index (χ3n) is 4.36. The van der Waals surface area contributed by atoms with Crippen LogP contribution in [0.15, 0.2) is 54.6 Å². The van der Waals surface area contributed by atoms with Gasteiger partial charge < -0.3 is 14.5 Å². The van der Waals surface area contributed by atoms with Crippen molar-refractivity contribution < 1.29 is 14.3 Å². The summed E-state index contributed by atoms with van der Waals surface area (Å²) in [6.45, 7) is 4.40. The third-order valence-corrected chi connectivity index (χ3v) is 4.36. The van der Waals surface area contributed by atoms with E-state index in [2.05, 4.69) is 0 Å². The van der Waals surface area contributed by atoms with Crippen LogP contribution in [0.5, 0.6) is 5.75 Å². The van der Waals surface area contributed by atoms with Gasteiger partial charge in [-0.2, -0.15) is 0 Å². The number of amides is 2. The van der Waals surface area contributed by atoms with E-state index in [1.165, 1.54) is 0 Å². The lowest BCUT2D eigenvalue weighted by Crippen LogP contribution is -2.50. The molecule has 0 spiro atoms. The molecule has 1 saturated heterocycles. The van der Waals surface area contributed by atoms with Crippen molar-refractivity contribution in [2.24, 2.45) is 0 Å². The highest BCUT2D eigenvalue weighted by Gasteiger charge is 2.23. The quantitative estimate of drug-likeness (QED) is 0.861. The number of hydrogen-bond donors (Lipinski definition) is 0. The zero-order valence-electron chi connectivity index (χ0n) is 14.4. The Bertz CT molecular complexity index is 720. The van der Waals surface area contributed by atoms with Gasteiger partial charge in [0.1, 0.15) is 12.4 Å². The first kappa shape index (κ1) is 17.0. The van der Waals surface area contributed by atoms with E-state index in [9.17, 15) is 9.59 Å². The van der Waals surface area contributed by atoms with Crippen molar-refractivity contribution in [3.63, 3.8) is 0 Å². The van der Waals surface area contributed by atoms with Gasteiger partial charge in [-0.3, -0.25) is 9.59 Å². The van der Waals surface area contributed by atoms with E-state index in [4.69, 9.17) is 4.74 Å². The number of hydrogen-bond acceptors (Lipinski definition) is 3. The maximum absolute atomic E-state index is 12.5. The normalized spacial score (nSPS) is 14.3. The van der Waals surface area contributed by atoms with Crippen molar-refractivity contribution in [3.05, 3.63) is 65.7 Å². The van der Waals surface area contributed by atoms with Crippen LogP contribution in [0.2, 0.25) is 0 Å². The molecular weight excluding hydrogens is 316 g/mol. The van der Waals surface area contributed by atoms with Gasteiger partial charge in [0, 0.05) is 38.7 Å². The minimum atomic E-state index is -0.00203. The summed E-state index contributed by atoms with van der Waals surface area (Å²) in [5, 5.41) is 0. The van der Waals surface area contributed by atoms with Crippen molar-refractivity contribution in [1.82, 2.24) is 9.80 Å². The van der Waals surface area contributed by atoms with Crippen LogP contribution in [0.4, 0.5) is 0 Å². The number of carbonyl (C=O) groups excluding carboxylic acids is 2. The van der Waals surface area contributed by atoms with E-state index in [0.717, 1.165) is 11.3 Å². The number of rotatable bonds is 4. The predicted molar refractivity (Wildman–Crippen MR) is 95.4 cm³/mol. The van der Waals surface area contributed by atoms with Gasteiger partial charge in [0.15, 0.2) is 0 Å². The monoisotopic (exact) mass is 338 g/mol. The topological polar surface area (TPSA) is 49.9 Å². The van der Waals surface area contributed by atoms with Crippen LogP contribution in [0, 0.1) is 0 Å². The van der Waals surface area contributed by atoms with E-state index in [-0.39, 0.29) is 11.8 Å². The molecule has 5 heteroatoms. The lowest BCUT2D eigenvalue weighted by molar-refractivity contribution is -0.130. The summed E-state index contributed by atoms with van der Waals surface area (Å²) in [4.78, 5) is 27.5. The molecule has 0 aromatic heterocycles. The van der Waals surface area contributed by atoms with Gasteiger partial charge in [0.25, 0.3) is 5.91 Å². The predicted octanol–water partition coefficient (Wildman–Crippen LogP) is 2.57. The van der Waals surface area contributed by atoms with Crippen LogP contribution in [0.25, 0.3) is 0 Å². The maximum Gasteiger partial charge on any atom is 0.253 e. The summed E-state index contributed by atoms with van der Waals surface area (Å²) in [7, 11) is 0. The fourth-order valence-electron chi connectivity index (χ4n) is 2.84. The Kier molecular flexibility index (Phi) is 5.33. The van der Waals surface area contributed by atoms with E-state index in [1.54, 1.807) is 28.9 Å². The van der Waals surface area contributed by atoms with Crippen molar-refractivity contribution in [2.75, 3.05) is 26.2 Å². The molecule has 2 aromatic rings. The molecule has 0 N–H and O–H groups in total.